The Balaban J connectivity index is 1.64. The molecule has 1 saturated heterocycles. The lowest BCUT2D eigenvalue weighted by Gasteiger charge is -2.23. The van der Waals surface area contributed by atoms with Crippen molar-refractivity contribution >= 4 is 23.0 Å². The molecular weight excluding hydrogens is 325 g/mol. The van der Waals surface area contributed by atoms with E-state index in [2.05, 4.69) is 4.90 Å². The number of fused-ring (bicyclic) bond motifs is 4. The maximum absolute atomic E-state index is 12.9. The van der Waals surface area contributed by atoms with Crippen LogP contribution in [0.2, 0.25) is 0 Å². The van der Waals surface area contributed by atoms with Gasteiger partial charge in [-0.25, -0.2) is 0 Å². The van der Waals surface area contributed by atoms with Crippen LogP contribution in [-0.2, 0) is 6.18 Å². The van der Waals surface area contributed by atoms with Gasteiger partial charge in [-0.15, -0.1) is 0 Å². The number of hydrogen-bond donors (Lipinski definition) is 1. The Morgan fingerprint density at radius 2 is 2.00 bits per heavy atom. The number of hydrogen-bond acceptors (Lipinski definition) is 3. The van der Waals surface area contributed by atoms with Gasteiger partial charge in [-0.1, -0.05) is 6.07 Å². The molecule has 120 valence electrons. The number of alkyl halides is 3. The van der Waals surface area contributed by atoms with E-state index in [-0.39, 0.29) is 0 Å². The van der Waals surface area contributed by atoms with Gasteiger partial charge < -0.3 is 15.5 Å². The number of nitrogens with two attached hydrogens (primary N) is 1. The SMILES string of the molecule is NC(=S)N1C=C2CC1=C1CN(c3cccc(C(F)(F)F)c3)CN21. The van der Waals surface area contributed by atoms with E-state index in [4.69, 9.17) is 18.0 Å². The van der Waals surface area contributed by atoms with Crippen molar-refractivity contribution in [3.63, 3.8) is 0 Å². The number of benzene rings is 1. The van der Waals surface area contributed by atoms with Crippen molar-refractivity contribution < 1.29 is 13.2 Å². The molecule has 1 fully saturated rings. The van der Waals surface area contributed by atoms with E-state index in [0.717, 1.165) is 29.6 Å². The molecule has 4 rings (SSSR count). The summed E-state index contributed by atoms with van der Waals surface area (Å²) in [5, 5.41) is 0.291. The van der Waals surface area contributed by atoms with Crippen molar-refractivity contribution in [3.8, 4) is 0 Å². The van der Waals surface area contributed by atoms with Gasteiger partial charge in [0.1, 0.15) is 0 Å². The summed E-state index contributed by atoms with van der Waals surface area (Å²) in [4.78, 5) is 5.82. The fourth-order valence-electron chi connectivity index (χ4n) is 3.27. The first-order valence-electron chi connectivity index (χ1n) is 7.06. The zero-order chi connectivity index (χ0) is 16.4. The summed E-state index contributed by atoms with van der Waals surface area (Å²) in [7, 11) is 0. The predicted molar refractivity (Wildman–Crippen MR) is 83.8 cm³/mol. The second-order valence-corrected chi connectivity index (χ2v) is 6.13. The largest absolute Gasteiger partial charge is 0.416 e. The molecule has 3 aliphatic rings. The van der Waals surface area contributed by atoms with Crippen LogP contribution in [0.3, 0.4) is 0 Å². The van der Waals surface area contributed by atoms with Crippen LogP contribution in [-0.4, -0.2) is 28.1 Å². The van der Waals surface area contributed by atoms with Crippen LogP contribution in [0.5, 0.6) is 0 Å². The van der Waals surface area contributed by atoms with Gasteiger partial charge in [0.25, 0.3) is 0 Å². The third-order valence-corrected chi connectivity index (χ3v) is 4.55. The number of thiocarbonyl (C=S) groups is 1. The van der Waals surface area contributed by atoms with Gasteiger partial charge in [0.15, 0.2) is 5.11 Å². The molecule has 0 amide bonds. The minimum atomic E-state index is -4.34. The standard InChI is InChI=1S/C15H13F3N4S/c16-15(17,18)9-2-1-3-10(4-9)20-7-13-12-5-11(22(13)8-20)6-21(12)14(19)23/h1-4,6H,5,7-8H2,(H2,19,23). The first-order valence-corrected chi connectivity index (χ1v) is 7.46. The van der Waals surface area contributed by atoms with E-state index in [1.807, 2.05) is 11.1 Å². The fraction of sp³-hybridized carbons (Fsp3) is 0.267. The molecule has 2 N–H and O–H groups in total. The lowest BCUT2D eigenvalue weighted by molar-refractivity contribution is -0.137. The lowest BCUT2D eigenvalue weighted by Crippen LogP contribution is -2.31. The van der Waals surface area contributed by atoms with Crippen LogP contribution in [0.15, 0.2) is 47.6 Å². The summed E-state index contributed by atoms with van der Waals surface area (Å²) < 4.78 is 38.6. The maximum Gasteiger partial charge on any atom is 0.416 e. The second-order valence-electron chi connectivity index (χ2n) is 5.71. The predicted octanol–water partition coefficient (Wildman–Crippen LogP) is 2.80. The zero-order valence-electron chi connectivity index (χ0n) is 12.0. The Labute approximate surface area is 136 Å². The van der Waals surface area contributed by atoms with Gasteiger partial charge in [-0.3, -0.25) is 4.90 Å². The first-order chi connectivity index (χ1) is 10.8. The van der Waals surface area contributed by atoms with Crippen LogP contribution in [0.4, 0.5) is 18.9 Å². The minimum absolute atomic E-state index is 0.291. The summed E-state index contributed by atoms with van der Waals surface area (Å²) in [5.74, 6) is 0. The molecule has 0 aromatic heterocycles. The average molecular weight is 338 g/mol. The molecule has 1 aromatic carbocycles. The smallest absolute Gasteiger partial charge is 0.376 e. The Bertz CT molecular complexity index is 768. The Kier molecular flexibility index (Phi) is 2.90. The number of anilines is 1. The molecule has 1 aromatic rings. The highest BCUT2D eigenvalue weighted by atomic mass is 32.1. The van der Waals surface area contributed by atoms with Gasteiger partial charge in [0.05, 0.1) is 30.2 Å². The van der Waals surface area contributed by atoms with E-state index < -0.39 is 11.7 Å². The highest BCUT2D eigenvalue weighted by Gasteiger charge is 2.41. The zero-order valence-corrected chi connectivity index (χ0v) is 12.8. The molecule has 4 nitrogen and oxygen atoms in total. The van der Waals surface area contributed by atoms with Crippen molar-refractivity contribution in [2.24, 2.45) is 5.73 Å². The summed E-state index contributed by atoms with van der Waals surface area (Å²) in [6.45, 7) is 1.09. The third kappa shape index (κ3) is 2.16. The second kappa shape index (κ2) is 4.64. The Hall–Kier alpha value is -2.22. The van der Waals surface area contributed by atoms with Crippen LogP contribution in [0.1, 0.15) is 12.0 Å². The van der Waals surface area contributed by atoms with Gasteiger partial charge >= 0.3 is 6.18 Å². The van der Waals surface area contributed by atoms with E-state index in [1.165, 1.54) is 12.1 Å². The van der Waals surface area contributed by atoms with E-state index in [9.17, 15) is 13.2 Å². The Morgan fingerprint density at radius 1 is 1.22 bits per heavy atom. The average Bonchev–Trinajstić information content (AvgIpc) is 3.17. The van der Waals surface area contributed by atoms with Gasteiger partial charge in [0.2, 0.25) is 0 Å². The molecule has 2 bridgehead atoms. The molecule has 0 saturated carbocycles. The quantitative estimate of drug-likeness (QED) is 0.797. The first kappa shape index (κ1) is 14.4. The number of nitrogens with zero attached hydrogens (tertiary/aromatic N) is 3. The summed E-state index contributed by atoms with van der Waals surface area (Å²) in [6.07, 6.45) is -1.65. The lowest BCUT2D eigenvalue weighted by atomic mass is 10.2. The Morgan fingerprint density at radius 3 is 2.70 bits per heavy atom. The molecule has 3 aliphatic heterocycles. The molecule has 0 spiro atoms. The summed E-state index contributed by atoms with van der Waals surface area (Å²) in [6, 6.07) is 5.41. The molecule has 8 heteroatoms. The van der Waals surface area contributed by atoms with Crippen LogP contribution in [0.25, 0.3) is 0 Å². The van der Waals surface area contributed by atoms with Gasteiger partial charge in [0, 0.05) is 24.0 Å². The number of halogens is 3. The third-order valence-electron chi connectivity index (χ3n) is 4.35. The molecule has 0 aliphatic carbocycles. The minimum Gasteiger partial charge on any atom is -0.376 e. The van der Waals surface area contributed by atoms with E-state index in [0.29, 0.717) is 24.0 Å². The van der Waals surface area contributed by atoms with Crippen molar-refractivity contribution in [2.45, 2.75) is 12.6 Å². The van der Waals surface area contributed by atoms with Crippen molar-refractivity contribution in [2.75, 3.05) is 18.1 Å². The van der Waals surface area contributed by atoms with Gasteiger partial charge in [-0.2, -0.15) is 13.2 Å². The normalized spacial score (nSPS) is 19.6. The topological polar surface area (TPSA) is 35.7 Å². The molecule has 0 unspecified atom stereocenters. The van der Waals surface area contributed by atoms with Crippen LogP contribution < -0.4 is 10.6 Å². The molecule has 23 heavy (non-hydrogen) atoms. The fourth-order valence-corrected chi connectivity index (χ4v) is 3.43. The molecule has 0 atom stereocenters. The van der Waals surface area contributed by atoms with Crippen molar-refractivity contribution in [3.05, 3.63) is 53.1 Å². The van der Waals surface area contributed by atoms with Crippen molar-refractivity contribution in [1.82, 2.24) is 9.80 Å². The molecule has 0 radical (unpaired) electrons. The number of rotatable bonds is 1. The highest BCUT2D eigenvalue weighted by molar-refractivity contribution is 7.80. The van der Waals surface area contributed by atoms with Crippen molar-refractivity contribution in [1.29, 1.82) is 0 Å². The van der Waals surface area contributed by atoms with E-state index in [1.54, 1.807) is 11.0 Å². The molecular formula is C15H13F3N4S. The van der Waals surface area contributed by atoms with Crippen LogP contribution >= 0.6 is 12.2 Å². The summed E-state index contributed by atoms with van der Waals surface area (Å²) in [5.41, 5.74) is 8.80. The summed E-state index contributed by atoms with van der Waals surface area (Å²) >= 11 is 5.03. The van der Waals surface area contributed by atoms with Crippen LogP contribution in [0, 0.1) is 0 Å². The monoisotopic (exact) mass is 338 g/mol. The maximum atomic E-state index is 12.9. The molecule has 3 heterocycles. The van der Waals surface area contributed by atoms with Gasteiger partial charge in [-0.05, 0) is 30.4 Å². The highest BCUT2D eigenvalue weighted by Crippen LogP contribution is 2.44. The van der Waals surface area contributed by atoms with E-state index >= 15 is 0 Å².